The van der Waals surface area contributed by atoms with Gasteiger partial charge in [-0.2, -0.15) is 4.31 Å². The van der Waals surface area contributed by atoms with Crippen LogP contribution in [-0.4, -0.2) is 19.6 Å². The molecule has 3 aromatic carbocycles. The number of carboxylic acid groups (broad SMARTS) is 1. The number of carbonyl (C=O) groups is 1. The monoisotopic (exact) mass is 353 g/mol. The number of nitrogens with zero attached hydrogens (tertiary/aromatic N) is 1. The highest BCUT2D eigenvalue weighted by molar-refractivity contribution is 7.93. The van der Waals surface area contributed by atoms with Crippen LogP contribution >= 0.6 is 0 Å². The quantitative estimate of drug-likeness (QED) is 0.762. The normalized spacial score (nSPS) is 11.0. The molecule has 3 aromatic rings. The molecule has 0 saturated heterocycles. The third-order valence-corrected chi connectivity index (χ3v) is 5.41. The van der Waals surface area contributed by atoms with Gasteiger partial charge in [-0.05, 0) is 23.8 Å². The van der Waals surface area contributed by atoms with Crippen molar-refractivity contribution < 1.29 is 18.3 Å². The molecule has 0 atom stereocenters. The number of sulfonamides is 1. The topological polar surface area (TPSA) is 74.7 Å². The third kappa shape index (κ3) is 3.25. The third-order valence-electron chi connectivity index (χ3n) is 3.65. The van der Waals surface area contributed by atoms with Gasteiger partial charge in [0.05, 0.1) is 10.6 Å². The smallest absolute Gasteiger partial charge is 0.426 e. The first kappa shape index (κ1) is 16.7. The van der Waals surface area contributed by atoms with E-state index in [1.807, 2.05) is 6.07 Å². The average molecular weight is 353 g/mol. The average Bonchev–Trinajstić information content (AvgIpc) is 2.63. The lowest BCUT2D eigenvalue weighted by molar-refractivity contribution is 0.206. The van der Waals surface area contributed by atoms with Crippen LogP contribution in [-0.2, 0) is 10.0 Å². The van der Waals surface area contributed by atoms with Gasteiger partial charge in [0.2, 0.25) is 0 Å². The van der Waals surface area contributed by atoms with Gasteiger partial charge in [0.25, 0.3) is 10.0 Å². The molecular formula is C19H15NO4S. The van der Waals surface area contributed by atoms with E-state index >= 15 is 0 Å². The van der Waals surface area contributed by atoms with E-state index in [4.69, 9.17) is 0 Å². The van der Waals surface area contributed by atoms with Crippen LogP contribution in [0.3, 0.4) is 0 Å². The lowest BCUT2D eigenvalue weighted by Gasteiger charge is -2.21. The first-order valence-electron chi connectivity index (χ1n) is 7.49. The van der Waals surface area contributed by atoms with Crippen molar-refractivity contribution in [2.75, 3.05) is 4.31 Å². The molecule has 6 heteroatoms. The Morgan fingerprint density at radius 1 is 0.760 bits per heavy atom. The second kappa shape index (κ2) is 6.78. The molecule has 0 unspecified atom stereocenters. The summed E-state index contributed by atoms with van der Waals surface area (Å²) in [6.07, 6.45) is -1.56. The van der Waals surface area contributed by atoms with Gasteiger partial charge in [-0.3, -0.25) is 0 Å². The zero-order valence-corrected chi connectivity index (χ0v) is 13.9. The van der Waals surface area contributed by atoms with Crippen LogP contribution in [0.25, 0.3) is 11.1 Å². The number of amides is 1. The molecule has 0 heterocycles. The van der Waals surface area contributed by atoms with Crippen LogP contribution in [0.1, 0.15) is 0 Å². The predicted octanol–water partition coefficient (Wildman–Crippen LogP) is 4.23. The Balaban J connectivity index is 2.20. The molecule has 0 aliphatic heterocycles. The second-order valence-corrected chi connectivity index (χ2v) is 7.00. The van der Waals surface area contributed by atoms with Crippen molar-refractivity contribution in [2.24, 2.45) is 0 Å². The maximum absolute atomic E-state index is 13.1. The minimum Gasteiger partial charge on any atom is -0.464 e. The van der Waals surface area contributed by atoms with Crippen molar-refractivity contribution in [1.29, 1.82) is 0 Å². The maximum atomic E-state index is 13.1. The fourth-order valence-electron chi connectivity index (χ4n) is 2.56. The van der Waals surface area contributed by atoms with Gasteiger partial charge in [-0.1, -0.05) is 66.7 Å². The molecule has 1 amide bonds. The Kier molecular flexibility index (Phi) is 4.54. The molecular weight excluding hydrogens is 338 g/mol. The Hall–Kier alpha value is -3.12. The van der Waals surface area contributed by atoms with Crippen LogP contribution in [0.2, 0.25) is 0 Å². The minimum absolute atomic E-state index is 0.0625. The van der Waals surface area contributed by atoms with Gasteiger partial charge in [0.1, 0.15) is 0 Å². The molecule has 25 heavy (non-hydrogen) atoms. The van der Waals surface area contributed by atoms with Crippen LogP contribution in [0, 0.1) is 0 Å². The molecule has 0 radical (unpaired) electrons. The van der Waals surface area contributed by atoms with E-state index in [2.05, 4.69) is 0 Å². The largest absolute Gasteiger partial charge is 0.464 e. The first-order valence-corrected chi connectivity index (χ1v) is 8.93. The lowest BCUT2D eigenvalue weighted by Crippen LogP contribution is -2.36. The summed E-state index contributed by atoms with van der Waals surface area (Å²) in [6, 6.07) is 23.1. The van der Waals surface area contributed by atoms with Crippen molar-refractivity contribution >= 4 is 21.8 Å². The van der Waals surface area contributed by atoms with Crippen molar-refractivity contribution in [2.45, 2.75) is 4.90 Å². The SMILES string of the molecule is O=C(O)N(c1ccccc1)S(=O)(=O)c1ccccc1-c1ccccc1. The molecule has 0 saturated carbocycles. The summed E-state index contributed by atoms with van der Waals surface area (Å²) in [6.45, 7) is 0. The zero-order valence-electron chi connectivity index (χ0n) is 13.1. The van der Waals surface area contributed by atoms with Crippen LogP contribution < -0.4 is 4.31 Å². The number of hydrogen-bond acceptors (Lipinski definition) is 3. The van der Waals surface area contributed by atoms with Crippen LogP contribution in [0.15, 0.2) is 89.8 Å². The summed E-state index contributed by atoms with van der Waals surface area (Å²) in [7, 11) is -4.30. The van der Waals surface area contributed by atoms with Crippen molar-refractivity contribution in [3.05, 3.63) is 84.9 Å². The molecule has 0 bridgehead atoms. The Morgan fingerprint density at radius 2 is 1.28 bits per heavy atom. The fourth-order valence-corrected chi connectivity index (χ4v) is 4.08. The molecule has 0 aliphatic rings. The Bertz CT molecular complexity index is 986. The maximum Gasteiger partial charge on any atom is 0.426 e. The summed E-state index contributed by atoms with van der Waals surface area (Å²) in [4.78, 5) is 11.7. The van der Waals surface area contributed by atoms with Crippen molar-refractivity contribution in [3.8, 4) is 11.1 Å². The number of para-hydroxylation sites is 1. The van der Waals surface area contributed by atoms with Gasteiger partial charge >= 0.3 is 6.09 Å². The van der Waals surface area contributed by atoms with Gasteiger partial charge < -0.3 is 5.11 Å². The van der Waals surface area contributed by atoms with E-state index in [0.717, 1.165) is 0 Å². The van der Waals surface area contributed by atoms with E-state index < -0.39 is 16.1 Å². The highest BCUT2D eigenvalue weighted by Crippen LogP contribution is 2.31. The van der Waals surface area contributed by atoms with Gasteiger partial charge in [-0.15, -0.1) is 0 Å². The summed E-state index contributed by atoms with van der Waals surface area (Å²) in [5, 5.41) is 9.53. The minimum atomic E-state index is -4.30. The second-order valence-electron chi connectivity index (χ2n) is 5.25. The molecule has 0 fully saturated rings. The van der Waals surface area contributed by atoms with E-state index in [9.17, 15) is 18.3 Å². The van der Waals surface area contributed by atoms with Gasteiger partial charge in [0.15, 0.2) is 0 Å². The van der Waals surface area contributed by atoms with Gasteiger partial charge in [0, 0.05) is 5.56 Å². The molecule has 0 aliphatic carbocycles. The fraction of sp³-hybridized carbons (Fsp3) is 0. The van der Waals surface area contributed by atoms with Crippen LogP contribution in [0.5, 0.6) is 0 Å². The predicted molar refractivity (Wildman–Crippen MR) is 96.0 cm³/mol. The Morgan fingerprint density at radius 3 is 1.88 bits per heavy atom. The summed E-state index contributed by atoms with van der Waals surface area (Å²) in [5.74, 6) is 0. The van der Waals surface area contributed by atoms with Crippen molar-refractivity contribution in [1.82, 2.24) is 0 Å². The van der Waals surface area contributed by atoms with Crippen LogP contribution in [0.4, 0.5) is 10.5 Å². The zero-order chi connectivity index (χ0) is 17.9. The molecule has 0 spiro atoms. The summed E-state index contributed by atoms with van der Waals surface area (Å²) < 4.78 is 26.6. The highest BCUT2D eigenvalue weighted by atomic mass is 32.2. The van der Waals surface area contributed by atoms with Gasteiger partial charge in [-0.25, -0.2) is 13.2 Å². The number of hydrogen-bond donors (Lipinski definition) is 1. The molecule has 0 aromatic heterocycles. The lowest BCUT2D eigenvalue weighted by atomic mass is 10.1. The standard InChI is InChI=1S/C19H15NO4S/c21-19(22)20(16-11-5-2-6-12-16)25(23,24)18-14-8-7-13-17(18)15-9-3-1-4-10-15/h1-14H,(H,21,22). The molecule has 5 nitrogen and oxygen atoms in total. The van der Waals surface area contributed by atoms with E-state index in [1.165, 1.54) is 18.2 Å². The van der Waals surface area contributed by atoms with E-state index in [1.54, 1.807) is 60.7 Å². The first-order chi connectivity index (χ1) is 12.0. The number of anilines is 1. The summed E-state index contributed by atoms with van der Waals surface area (Å²) >= 11 is 0. The Labute approximate surface area is 145 Å². The number of rotatable bonds is 4. The molecule has 3 rings (SSSR count). The summed E-state index contributed by atoms with van der Waals surface area (Å²) in [5.41, 5.74) is 1.21. The van der Waals surface area contributed by atoms with E-state index in [-0.39, 0.29) is 10.6 Å². The highest BCUT2D eigenvalue weighted by Gasteiger charge is 2.32. The van der Waals surface area contributed by atoms with E-state index in [0.29, 0.717) is 15.4 Å². The van der Waals surface area contributed by atoms with Crippen molar-refractivity contribution in [3.63, 3.8) is 0 Å². The number of benzene rings is 3. The molecule has 126 valence electrons. The molecule has 1 N–H and O–H groups in total.